The van der Waals surface area contributed by atoms with Crippen molar-refractivity contribution < 1.29 is 18.0 Å². The molecule has 1 atom stereocenters. The Kier molecular flexibility index (Phi) is 5.21. The molecule has 0 fully saturated rings. The van der Waals surface area contributed by atoms with Gasteiger partial charge < -0.3 is 19.2 Å². The number of nitrogens with two attached hydrogens (primary N) is 1. The average Bonchev–Trinajstić information content (AvgIpc) is 2.64. The van der Waals surface area contributed by atoms with Gasteiger partial charge in [0, 0.05) is 0 Å². The maximum atomic E-state index is 12.3. The molecule has 0 aliphatic rings. The van der Waals surface area contributed by atoms with E-state index >= 15 is 0 Å². The van der Waals surface area contributed by atoms with Crippen LogP contribution in [0, 0.1) is 0 Å². The molecule has 0 spiro atoms. The normalized spacial score (nSPS) is 14.0. The highest BCUT2D eigenvalue weighted by Gasteiger charge is 2.36. The summed E-state index contributed by atoms with van der Waals surface area (Å²) in [7, 11) is -3.36. The van der Waals surface area contributed by atoms with Crippen molar-refractivity contribution in [2.75, 3.05) is 13.2 Å². The van der Waals surface area contributed by atoms with Crippen molar-refractivity contribution in [3.8, 4) is 0 Å². The Bertz CT molecular complexity index is 371. The summed E-state index contributed by atoms with van der Waals surface area (Å²) in [5.74, 6) is -0.532. The Morgan fingerprint density at radius 3 is 2.38 bits per heavy atom. The van der Waals surface area contributed by atoms with E-state index in [-0.39, 0.29) is 13.2 Å². The Morgan fingerprint density at radius 2 is 2.00 bits per heavy atom. The van der Waals surface area contributed by atoms with Gasteiger partial charge in [-0.2, -0.15) is 0 Å². The second-order valence-corrected chi connectivity index (χ2v) is 5.90. The van der Waals surface area contributed by atoms with Crippen molar-refractivity contribution in [1.82, 2.24) is 0 Å². The van der Waals surface area contributed by atoms with Crippen LogP contribution >= 0.6 is 23.5 Å². The Hall–Kier alpha value is -0.130. The van der Waals surface area contributed by atoms with E-state index in [1.807, 2.05) is 0 Å². The molecular formula is C9H15BrNO4P. The van der Waals surface area contributed by atoms with Crippen LogP contribution in [0.25, 0.3) is 0 Å². The third kappa shape index (κ3) is 3.18. The van der Waals surface area contributed by atoms with Gasteiger partial charge in [-0.05, 0) is 41.9 Å². The fourth-order valence-electron chi connectivity index (χ4n) is 1.20. The second kappa shape index (κ2) is 5.98. The molecule has 7 heteroatoms. The van der Waals surface area contributed by atoms with Crippen LogP contribution in [0.1, 0.15) is 25.4 Å². The van der Waals surface area contributed by atoms with Gasteiger partial charge in [0.1, 0.15) is 5.76 Å². The zero-order valence-corrected chi connectivity index (χ0v) is 11.7. The molecular weight excluding hydrogens is 297 g/mol. The van der Waals surface area contributed by atoms with Crippen LogP contribution < -0.4 is 5.73 Å². The van der Waals surface area contributed by atoms with Gasteiger partial charge in [-0.25, -0.2) is 0 Å². The fraction of sp³-hybridized carbons (Fsp3) is 0.556. The minimum atomic E-state index is -3.36. The van der Waals surface area contributed by atoms with E-state index in [4.69, 9.17) is 19.2 Å². The summed E-state index contributed by atoms with van der Waals surface area (Å²) in [5, 5.41) is 0. The number of furan rings is 1. The van der Waals surface area contributed by atoms with Gasteiger partial charge in [-0.3, -0.25) is 4.57 Å². The lowest BCUT2D eigenvalue weighted by Crippen LogP contribution is -2.14. The zero-order chi connectivity index (χ0) is 12.2. The smallest absolute Gasteiger partial charge is 0.354 e. The molecule has 1 rings (SSSR count). The molecule has 0 aliphatic heterocycles. The molecule has 0 unspecified atom stereocenters. The highest BCUT2D eigenvalue weighted by molar-refractivity contribution is 9.10. The molecule has 1 heterocycles. The van der Waals surface area contributed by atoms with Crippen molar-refractivity contribution >= 4 is 23.5 Å². The molecule has 5 nitrogen and oxygen atoms in total. The number of hydrogen-bond acceptors (Lipinski definition) is 5. The van der Waals surface area contributed by atoms with Gasteiger partial charge in [0.25, 0.3) is 0 Å². The van der Waals surface area contributed by atoms with Crippen molar-refractivity contribution in [2.45, 2.75) is 19.6 Å². The Balaban J connectivity index is 2.90. The SMILES string of the molecule is CCOP(=O)(OCC)[C@H](N)c1ccc(Br)o1. The van der Waals surface area contributed by atoms with Crippen LogP contribution in [0.15, 0.2) is 21.2 Å². The van der Waals surface area contributed by atoms with E-state index in [2.05, 4.69) is 15.9 Å². The van der Waals surface area contributed by atoms with Gasteiger partial charge >= 0.3 is 7.60 Å². The average molecular weight is 312 g/mol. The summed E-state index contributed by atoms with van der Waals surface area (Å²) in [6, 6.07) is 3.32. The molecule has 1 aromatic rings. The highest BCUT2D eigenvalue weighted by Crippen LogP contribution is 2.58. The summed E-state index contributed by atoms with van der Waals surface area (Å²) >= 11 is 3.15. The van der Waals surface area contributed by atoms with Crippen LogP contribution in [0.5, 0.6) is 0 Å². The molecule has 0 aliphatic carbocycles. The maximum absolute atomic E-state index is 12.3. The second-order valence-electron chi connectivity index (χ2n) is 2.96. The van der Waals surface area contributed by atoms with Crippen LogP contribution in [0.2, 0.25) is 0 Å². The van der Waals surface area contributed by atoms with E-state index in [1.165, 1.54) is 0 Å². The fourth-order valence-corrected chi connectivity index (χ4v) is 3.09. The summed E-state index contributed by atoms with van der Waals surface area (Å²) < 4.78 is 28.3. The predicted molar refractivity (Wildman–Crippen MR) is 64.2 cm³/mol. The maximum Gasteiger partial charge on any atom is 0.354 e. The van der Waals surface area contributed by atoms with Crippen molar-refractivity contribution in [2.24, 2.45) is 5.73 Å². The number of rotatable bonds is 6. The van der Waals surface area contributed by atoms with Crippen LogP contribution in [0.4, 0.5) is 0 Å². The van der Waals surface area contributed by atoms with Crippen LogP contribution in [-0.4, -0.2) is 13.2 Å². The Labute approximate surface area is 103 Å². The van der Waals surface area contributed by atoms with Gasteiger partial charge in [0.15, 0.2) is 10.5 Å². The minimum absolute atomic E-state index is 0.271. The predicted octanol–water partition coefficient (Wildman–Crippen LogP) is 3.27. The quantitative estimate of drug-likeness (QED) is 0.816. The van der Waals surface area contributed by atoms with Gasteiger partial charge in [0.2, 0.25) is 0 Å². The molecule has 16 heavy (non-hydrogen) atoms. The van der Waals surface area contributed by atoms with Crippen molar-refractivity contribution in [3.63, 3.8) is 0 Å². The molecule has 0 saturated heterocycles. The first-order chi connectivity index (χ1) is 7.53. The summed E-state index contributed by atoms with van der Waals surface area (Å²) in [6.45, 7) is 4.01. The molecule has 0 aromatic carbocycles. The topological polar surface area (TPSA) is 74.7 Å². The van der Waals surface area contributed by atoms with Gasteiger partial charge in [-0.15, -0.1) is 0 Å². The number of hydrogen-bond donors (Lipinski definition) is 1. The molecule has 0 saturated carbocycles. The Morgan fingerprint density at radius 1 is 1.44 bits per heavy atom. The molecule has 0 radical (unpaired) electrons. The van der Waals surface area contributed by atoms with Gasteiger partial charge in [0.05, 0.1) is 13.2 Å². The standard InChI is InChI=1S/C9H15BrNO4P/c1-3-13-16(12,14-4-2)9(11)7-5-6-8(10)15-7/h5-6,9H,3-4,11H2,1-2H3/t9-/m0/s1. The largest absolute Gasteiger partial charge is 0.452 e. The van der Waals surface area contributed by atoms with E-state index < -0.39 is 13.4 Å². The third-order valence-corrected chi connectivity index (χ3v) is 4.44. The van der Waals surface area contributed by atoms with Crippen molar-refractivity contribution in [1.29, 1.82) is 0 Å². The lowest BCUT2D eigenvalue weighted by atomic mass is 10.5. The van der Waals surface area contributed by atoms with Gasteiger partial charge in [-0.1, -0.05) is 0 Å². The van der Waals surface area contributed by atoms with Crippen LogP contribution in [0.3, 0.4) is 0 Å². The monoisotopic (exact) mass is 311 g/mol. The van der Waals surface area contributed by atoms with E-state index in [0.29, 0.717) is 10.4 Å². The first-order valence-electron chi connectivity index (χ1n) is 4.93. The molecule has 0 amide bonds. The molecule has 2 N–H and O–H groups in total. The van der Waals surface area contributed by atoms with E-state index in [1.54, 1.807) is 26.0 Å². The minimum Gasteiger partial charge on any atom is -0.452 e. The zero-order valence-electron chi connectivity index (χ0n) is 9.18. The van der Waals surface area contributed by atoms with Crippen LogP contribution in [-0.2, 0) is 13.6 Å². The molecule has 1 aromatic heterocycles. The first kappa shape index (κ1) is 13.9. The lowest BCUT2D eigenvalue weighted by molar-refractivity contribution is 0.209. The molecule has 92 valence electrons. The van der Waals surface area contributed by atoms with E-state index in [9.17, 15) is 4.57 Å². The third-order valence-electron chi connectivity index (χ3n) is 1.84. The highest BCUT2D eigenvalue weighted by atomic mass is 79.9. The van der Waals surface area contributed by atoms with Crippen molar-refractivity contribution in [3.05, 3.63) is 22.6 Å². The lowest BCUT2D eigenvalue weighted by Gasteiger charge is -2.21. The summed E-state index contributed by atoms with van der Waals surface area (Å²) in [4.78, 5) is 0. The molecule has 0 bridgehead atoms. The summed E-state index contributed by atoms with van der Waals surface area (Å²) in [6.07, 6.45) is 0. The number of halogens is 1. The first-order valence-corrected chi connectivity index (χ1v) is 7.33. The summed E-state index contributed by atoms with van der Waals surface area (Å²) in [5.41, 5.74) is 5.83. The van der Waals surface area contributed by atoms with E-state index in [0.717, 1.165) is 0 Å².